The number of anilines is 1. The molecule has 4 N–H and O–H groups in total. The summed E-state index contributed by atoms with van der Waals surface area (Å²) in [5, 5.41) is 34.3. The Hall–Kier alpha value is -9.22. The van der Waals surface area contributed by atoms with E-state index in [9.17, 15) is 49.0 Å². The van der Waals surface area contributed by atoms with Crippen molar-refractivity contribution < 1.29 is 48.1 Å². The Morgan fingerprint density at radius 3 is 2.17 bits per heavy atom. The van der Waals surface area contributed by atoms with Crippen LogP contribution in [0.5, 0.6) is 0 Å². The summed E-state index contributed by atoms with van der Waals surface area (Å²) < 4.78 is 12.8. The van der Waals surface area contributed by atoms with Crippen LogP contribution >= 0.6 is 0 Å². The molecule has 4 aromatic carbocycles. The zero-order valence-corrected chi connectivity index (χ0v) is 44.2. The van der Waals surface area contributed by atoms with Crippen molar-refractivity contribution in [2.24, 2.45) is 11.0 Å². The average Bonchev–Trinajstić information content (AvgIpc) is 4.26. The number of ether oxygens (including phenoxy) is 2. The van der Waals surface area contributed by atoms with Gasteiger partial charge in [-0.05, 0) is 84.7 Å². The van der Waals surface area contributed by atoms with E-state index in [1.54, 1.807) is 12.1 Å². The Balaban J connectivity index is 0.906. The maximum atomic E-state index is 14.9. The summed E-state index contributed by atoms with van der Waals surface area (Å²) in [6.45, 7) is 4.02. The minimum absolute atomic E-state index is 0.0197. The number of likely N-dealkylation sites (tertiary alicyclic amines) is 2. The highest BCUT2D eigenvalue weighted by molar-refractivity contribution is 5.97. The number of hydrazone groups is 1. The molecule has 4 aliphatic rings. The summed E-state index contributed by atoms with van der Waals surface area (Å²) in [6, 6.07) is 22.4. The third kappa shape index (κ3) is 12.4. The molecule has 24 heteroatoms. The van der Waals surface area contributed by atoms with E-state index in [4.69, 9.17) is 9.47 Å². The van der Waals surface area contributed by atoms with Gasteiger partial charge in [-0.3, -0.25) is 44.8 Å². The van der Waals surface area contributed by atoms with Crippen LogP contribution < -0.4 is 21.6 Å². The first-order chi connectivity index (χ1) is 38.7. The second-order valence-electron chi connectivity index (χ2n) is 20.2. The first kappa shape index (κ1) is 55.5. The zero-order chi connectivity index (χ0) is 56.5. The lowest BCUT2D eigenvalue weighted by molar-refractivity contribution is -0.393. The number of rotatable bonds is 20. The maximum absolute atomic E-state index is 14.9. The number of benzene rings is 4. The Morgan fingerprint density at radius 2 is 1.46 bits per heavy atom. The van der Waals surface area contributed by atoms with Crippen LogP contribution in [-0.2, 0) is 46.5 Å². The molecule has 1 aliphatic carbocycles. The van der Waals surface area contributed by atoms with Gasteiger partial charge in [-0.2, -0.15) is 5.10 Å². The lowest BCUT2D eigenvalue weighted by atomic mass is 9.95. The molecule has 9 rings (SSSR count). The quantitative estimate of drug-likeness (QED) is 0.0375. The molecule has 418 valence electrons. The fourth-order valence-electron chi connectivity index (χ4n) is 10.8. The molecule has 5 aromatic rings. The Bertz CT molecular complexity index is 3130. The molecule has 0 spiro atoms. The van der Waals surface area contributed by atoms with E-state index in [0.29, 0.717) is 38.5 Å². The van der Waals surface area contributed by atoms with Crippen molar-refractivity contribution in [3.05, 3.63) is 152 Å². The van der Waals surface area contributed by atoms with Gasteiger partial charge < -0.3 is 29.9 Å². The monoisotopic (exact) mass is 1090 g/mol. The number of nitro benzene ring substituents is 2. The molecule has 2 saturated heterocycles. The predicted octanol–water partition coefficient (Wildman–Crippen LogP) is 6.34. The summed E-state index contributed by atoms with van der Waals surface area (Å²) >= 11 is 0. The van der Waals surface area contributed by atoms with Crippen molar-refractivity contribution in [1.29, 1.82) is 0 Å². The van der Waals surface area contributed by atoms with Gasteiger partial charge in [-0.1, -0.05) is 99.1 Å². The second kappa shape index (κ2) is 25.1. The number of piperidine rings is 1. The SMILES string of the molecule is CCC(C)[C@H](NC(=O)OCC1c2ccccc2-c2ccccc21)C(=O)N1N=CCC[C@@H]1C(=O)N1CCCC[C@H]1C(=O)N[C@H](Cc1cn(NNc2ccc([N+](=O)[O-])cc2[N+](=O)[O-])cn1)C(=O)N1CCC[C@H]1C(=O)OCc1ccccc1. The van der Waals surface area contributed by atoms with E-state index in [2.05, 4.69) is 31.7 Å². The van der Waals surface area contributed by atoms with Crippen molar-refractivity contribution >= 4 is 59.0 Å². The molecule has 6 atom stereocenters. The van der Waals surface area contributed by atoms with E-state index in [0.717, 1.165) is 51.0 Å². The van der Waals surface area contributed by atoms with Crippen LogP contribution in [0.3, 0.4) is 0 Å². The second-order valence-corrected chi connectivity index (χ2v) is 20.2. The molecule has 1 aromatic heterocycles. The number of amides is 5. The number of hydrogen-bond donors (Lipinski definition) is 4. The highest BCUT2D eigenvalue weighted by Gasteiger charge is 2.45. The minimum atomic E-state index is -1.34. The summed E-state index contributed by atoms with van der Waals surface area (Å²) in [7, 11) is 0. The lowest BCUT2D eigenvalue weighted by Crippen LogP contribution is -2.62. The first-order valence-electron chi connectivity index (χ1n) is 26.8. The van der Waals surface area contributed by atoms with Crippen molar-refractivity contribution in [3.63, 3.8) is 0 Å². The first-order valence-corrected chi connectivity index (χ1v) is 26.8. The van der Waals surface area contributed by atoms with Gasteiger partial charge in [0.25, 0.3) is 11.6 Å². The molecule has 0 bridgehead atoms. The molecule has 4 heterocycles. The number of nitro groups is 2. The smallest absolute Gasteiger partial charge is 0.407 e. The van der Waals surface area contributed by atoms with Crippen LogP contribution in [0.4, 0.5) is 21.9 Å². The van der Waals surface area contributed by atoms with Gasteiger partial charge in [0.2, 0.25) is 17.7 Å². The summed E-state index contributed by atoms with van der Waals surface area (Å²) in [5.74, 6) is -3.66. The number of fused-ring (bicyclic) bond motifs is 3. The van der Waals surface area contributed by atoms with E-state index < -0.39 is 93.0 Å². The number of non-ortho nitro benzene ring substituents is 1. The number of nitrogens with zero attached hydrogens (tertiary/aromatic N) is 8. The van der Waals surface area contributed by atoms with Crippen molar-refractivity contribution in [1.82, 2.24) is 35.1 Å². The number of nitrogens with one attached hydrogen (secondary N) is 4. The van der Waals surface area contributed by atoms with Gasteiger partial charge in [0.1, 0.15) is 55.4 Å². The number of carbonyl (C=O) groups excluding carboxylic acids is 6. The fraction of sp³-hybridized carbons (Fsp3) is 0.393. The number of hydrogen-bond acceptors (Lipinski definition) is 16. The molecule has 2 fully saturated rings. The molecule has 5 amide bonds. The number of alkyl carbamates (subject to hydrolysis) is 1. The molecule has 24 nitrogen and oxygen atoms in total. The molecular formula is C56H62N12O12. The van der Waals surface area contributed by atoms with Crippen LogP contribution in [0, 0.1) is 26.1 Å². The number of hydrazine groups is 1. The molecule has 0 radical (unpaired) electrons. The van der Waals surface area contributed by atoms with E-state index in [1.165, 1.54) is 33.2 Å². The molecule has 1 unspecified atom stereocenters. The van der Waals surface area contributed by atoms with E-state index in [-0.39, 0.29) is 62.9 Å². The number of esters is 1. The summed E-state index contributed by atoms with van der Waals surface area (Å²) in [4.78, 5) is 115. The van der Waals surface area contributed by atoms with Crippen molar-refractivity contribution in [2.45, 2.75) is 114 Å². The third-order valence-electron chi connectivity index (χ3n) is 15.2. The highest BCUT2D eigenvalue weighted by Crippen LogP contribution is 2.44. The van der Waals surface area contributed by atoms with E-state index >= 15 is 0 Å². The fourth-order valence-corrected chi connectivity index (χ4v) is 10.8. The predicted molar refractivity (Wildman–Crippen MR) is 291 cm³/mol. The highest BCUT2D eigenvalue weighted by atomic mass is 16.6. The Kier molecular flexibility index (Phi) is 17.4. The summed E-state index contributed by atoms with van der Waals surface area (Å²) in [6.07, 6.45) is 6.38. The standard InChI is InChI=1S/C56H62N12O12/c1-3-35(2)50(60-56(74)80-33-43-41-19-9-7-17-39(41)40-18-8-10-20-42(40)43)54(72)66-47(22-13-26-58-66)53(71)64-27-12-11-21-46(64)51(69)59-45(52(70)65-28-14-23-48(65)55(73)79-32-36-15-5-4-6-16-36)29-37-31-63(34-57-37)62-61-44-25-24-38(67(75)76)30-49(44)68(77)78/h4-10,15-20,24-26,30-31,34-35,43,45-48,50,61-62H,3,11-14,21-23,27-29,32-33H2,1-2H3,(H,59,69)(H,60,74)/t35?,45-,46+,47-,48+,50+/m1/s1. The third-order valence-corrected chi connectivity index (χ3v) is 15.2. The van der Waals surface area contributed by atoms with Gasteiger partial charge in [0, 0.05) is 37.7 Å². The van der Waals surface area contributed by atoms with Crippen LogP contribution in [0.15, 0.2) is 115 Å². The Labute approximate surface area is 460 Å². The largest absolute Gasteiger partial charge is 0.459 e. The molecule has 3 aliphatic heterocycles. The Morgan fingerprint density at radius 1 is 0.762 bits per heavy atom. The number of carbonyl (C=O) groups is 6. The normalized spacial score (nSPS) is 18.7. The van der Waals surface area contributed by atoms with Crippen LogP contribution in [0.2, 0.25) is 0 Å². The van der Waals surface area contributed by atoms with E-state index in [1.807, 2.05) is 80.6 Å². The van der Waals surface area contributed by atoms with Crippen molar-refractivity contribution in [2.75, 3.05) is 30.7 Å². The van der Waals surface area contributed by atoms with Crippen molar-refractivity contribution in [3.8, 4) is 11.1 Å². The summed E-state index contributed by atoms with van der Waals surface area (Å²) in [5.41, 5.74) is 9.38. The number of imidazole rings is 1. The van der Waals surface area contributed by atoms with Crippen LogP contribution in [0.1, 0.15) is 93.5 Å². The molecule has 80 heavy (non-hydrogen) atoms. The van der Waals surface area contributed by atoms with Gasteiger partial charge in [-0.25, -0.2) is 29.8 Å². The lowest BCUT2D eigenvalue weighted by Gasteiger charge is -2.40. The van der Waals surface area contributed by atoms with Crippen LogP contribution in [0.25, 0.3) is 11.1 Å². The topological polar surface area (TPSA) is 295 Å². The van der Waals surface area contributed by atoms with Gasteiger partial charge >= 0.3 is 17.7 Å². The number of aromatic nitrogens is 2. The average molecular weight is 1100 g/mol. The molecular weight excluding hydrogens is 1030 g/mol. The zero-order valence-electron chi connectivity index (χ0n) is 44.2. The minimum Gasteiger partial charge on any atom is -0.459 e. The van der Waals surface area contributed by atoms with Gasteiger partial charge in [0.05, 0.1) is 27.8 Å². The van der Waals surface area contributed by atoms with Gasteiger partial charge in [0.15, 0.2) is 0 Å². The van der Waals surface area contributed by atoms with Gasteiger partial charge in [-0.15, -0.1) is 0 Å². The maximum Gasteiger partial charge on any atom is 0.407 e. The van der Waals surface area contributed by atoms with Crippen LogP contribution in [-0.4, -0.2) is 126 Å². The molecule has 0 saturated carbocycles.